The molecule has 0 aliphatic carbocycles. The Labute approximate surface area is 114 Å². The van der Waals surface area contributed by atoms with E-state index in [-0.39, 0.29) is 0 Å². The summed E-state index contributed by atoms with van der Waals surface area (Å²) in [6.07, 6.45) is 6.34. The number of hydrogen-bond donors (Lipinski definition) is 2. The molecule has 1 unspecified atom stereocenters. The van der Waals surface area contributed by atoms with Gasteiger partial charge in [-0.2, -0.15) is 23.5 Å². The van der Waals surface area contributed by atoms with Crippen molar-refractivity contribution in [3.63, 3.8) is 0 Å². The van der Waals surface area contributed by atoms with Crippen LogP contribution in [0.4, 0.5) is 0 Å². The van der Waals surface area contributed by atoms with Crippen molar-refractivity contribution in [1.82, 2.24) is 0 Å². The zero-order valence-corrected chi connectivity index (χ0v) is 12.2. The second kappa shape index (κ2) is 14.4. The summed E-state index contributed by atoms with van der Waals surface area (Å²) in [5.41, 5.74) is 11.0. The molecular weight excluding hydrogens is 252 g/mol. The smallest absolute Gasteiger partial charge is 0.119 e. The van der Waals surface area contributed by atoms with Crippen molar-refractivity contribution in [3.8, 4) is 0 Å². The lowest BCUT2D eigenvalue weighted by Crippen LogP contribution is -2.11. The first-order valence-corrected chi connectivity index (χ1v) is 8.58. The standard InChI is InChI=1S/C12H26N2OS2/c13-6-10-16-9-5-12(17-11-7-14)4-2-1-3-8-15/h8,12H,1-7,9-11,13-14H2. The van der Waals surface area contributed by atoms with E-state index in [0.29, 0.717) is 11.7 Å². The molecule has 0 aromatic heterocycles. The van der Waals surface area contributed by atoms with Gasteiger partial charge in [0.25, 0.3) is 0 Å². The molecule has 0 fully saturated rings. The van der Waals surface area contributed by atoms with Gasteiger partial charge in [-0.05, 0) is 25.0 Å². The normalized spacial score (nSPS) is 12.6. The molecule has 0 bridgehead atoms. The Hall–Kier alpha value is 0.290. The Balaban J connectivity index is 3.59. The molecule has 0 aliphatic heterocycles. The molecule has 0 saturated carbocycles. The fourth-order valence-electron chi connectivity index (χ4n) is 1.55. The highest BCUT2D eigenvalue weighted by Gasteiger charge is 2.08. The number of unbranched alkanes of at least 4 members (excludes halogenated alkanes) is 2. The predicted molar refractivity (Wildman–Crippen MR) is 80.8 cm³/mol. The number of thioether (sulfide) groups is 2. The minimum atomic E-state index is 0.704. The van der Waals surface area contributed by atoms with E-state index in [2.05, 4.69) is 0 Å². The van der Waals surface area contributed by atoms with Gasteiger partial charge < -0.3 is 16.3 Å². The van der Waals surface area contributed by atoms with E-state index in [9.17, 15) is 4.79 Å². The van der Waals surface area contributed by atoms with E-state index >= 15 is 0 Å². The summed E-state index contributed by atoms with van der Waals surface area (Å²) in [6.45, 7) is 1.52. The molecule has 0 aromatic carbocycles. The molecule has 0 aromatic rings. The minimum Gasteiger partial charge on any atom is -0.330 e. The topological polar surface area (TPSA) is 69.1 Å². The van der Waals surface area contributed by atoms with Crippen molar-refractivity contribution in [2.75, 3.05) is 30.3 Å². The Morgan fingerprint density at radius 1 is 1.00 bits per heavy atom. The van der Waals surface area contributed by atoms with Crippen molar-refractivity contribution in [1.29, 1.82) is 0 Å². The van der Waals surface area contributed by atoms with Crippen LogP contribution in [0.2, 0.25) is 0 Å². The molecule has 102 valence electrons. The second-order valence-corrected chi connectivity index (χ2v) is 6.56. The highest BCUT2D eigenvalue weighted by Crippen LogP contribution is 2.22. The Bertz CT molecular complexity index is 171. The van der Waals surface area contributed by atoms with Crippen LogP contribution >= 0.6 is 23.5 Å². The summed E-state index contributed by atoms with van der Waals surface area (Å²) in [5.74, 6) is 3.28. The molecule has 1 atom stereocenters. The molecule has 4 N–H and O–H groups in total. The van der Waals surface area contributed by atoms with Crippen LogP contribution in [-0.2, 0) is 4.79 Å². The van der Waals surface area contributed by atoms with E-state index in [1.165, 1.54) is 18.6 Å². The van der Waals surface area contributed by atoms with E-state index in [1.54, 1.807) is 0 Å². The fraction of sp³-hybridized carbons (Fsp3) is 0.917. The van der Waals surface area contributed by atoms with Gasteiger partial charge in [0, 0.05) is 36.3 Å². The Morgan fingerprint density at radius 2 is 1.76 bits per heavy atom. The summed E-state index contributed by atoms with van der Waals surface area (Å²) < 4.78 is 0. The van der Waals surface area contributed by atoms with Crippen LogP contribution in [0.3, 0.4) is 0 Å². The maximum atomic E-state index is 10.2. The first-order chi connectivity index (χ1) is 8.35. The van der Waals surface area contributed by atoms with Crippen molar-refractivity contribution in [2.24, 2.45) is 11.5 Å². The molecule has 17 heavy (non-hydrogen) atoms. The molecule has 0 heterocycles. The summed E-state index contributed by atoms with van der Waals surface area (Å²) in [6, 6.07) is 0. The van der Waals surface area contributed by atoms with E-state index in [4.69, 9.17) is 11.5 Å². The third kappa shape index (κ3) is 12.5. The number of carbonyl (C=O) groups is 1. The third-order valence-electron chi connectivity index (χ3n) is 2.42. The SMILES string of the molecule is NCCSCCC(CCCCC=O)SCCN. The fourth-order valence-corrected chi connectivity index (χ4v) is 3.60. The van der Waals surface area contributed by atoms with Crippen LogP contribution in [0.25, 0.3) is 0 Å². The molecule has 0 aliphatic rings. The minimum absolute atomic E-state index is 0.704. The monoisotopic (exact) mass is 278 g/mol. The van der Waals surface area contributed by atoms with Crippen LogP contribution in [0.1, 0.15) is 32.1 Å². The lowest BCUT2D eigenvalue weighted by molar-refractivity contribution is -0.107. The van der Waals surface area contributed by atoms with Crippen LogP contribution < -0.4 is 11.5 Å². The van der Waals surface area contributed by atoms with Gasteiger partial charge in [0.1, 0.15) is 6.29 Å². The van der Waals surface area contributed by atoms with Gasteiger partial charge >= 0.3 is 0 Å². The van der Waals surface area contributed by atoms with Crippen LogP contribution in [0.15, 0.2) is 0 Å². The van der Waals surface area contributed by atoms with Gasteiger partial charge in [0.15, 0.2) is 0 Å². The maximum absolute atomic E-state index is 10.2. The highest BCUT2D eigenvalue weighted by atomic mass is 32.2. The first kappa shape index (κ1) is 17.3. The van der Waals surface area contributed by atoms with Crippen LogP contribution in [0.5, 0.6) is 0 Å². The van der Waals surface area contributed by atoms with E-state index < -0.39 is 0 Å². The van der Waals surface area contributed by atoms with Gasteiger partial charge in [0.05, 0.1) is 0 Å². The Kier molecular flexibility index (Phi) is 14.6. The van der Waals surface area contributed by atoms with Gasteiger partial charge in [-0.15, -0.1) is 0 Å². The van der Waals surface area contributed by atoms with Gasteiger partial charge in [-0.25, -0.2) is 0 Å². The third-order valence-corrected chi connectivity index (χ3v) is 4.88. The zero-order valence-electron chi connectivity index (χ0n) is 10.6. The number of hydrogen-bond acceptors (Lipinski definition) is 5. The molecular formula is C12H26N2OS2. The van der Waals surface area contributed by atoms with Crippen molar-refractivity contribution < 1.29 is 4.79 Å². The second-order valence-electron chi connectivity index (χ2n) is 3.92. The number of aldehydes is 1. The molecule has 5 heteroatoms. The quantitative estimate of drug-likeness (QED) is 0.398. The van der Waals surface area contributed by atoms with Crippen LogP contribution in [-0.4, -0.2) is 41.9 Å². The maximum Gasteiger partial charge on any atom is 0.119 e. The van der Waals surface area contributed by atoms with E-state index in [0.717, 1.165) is 43.7 Å². The summed E-state index contributed by atoms with van der Waals surface area (Å²) >= 11 is 3.91. The number of carbonyl (C=O) groups excluding carboxylic acids is 1. The lowest BCUT2D eigenvalue weighted by Gasteiger charge is -2.15. The molecule has 0 spiro atoms. The average molecular weight is 278 g/mol. The molecule has 0 saturated heterocycles. The van der Waals surface area contributed by atoms with Gasteiger partial charge in [-0.1, -0.05) is 6.42 Å². The first-order valence-electron chi connectivity index (χ1n) is 6.38. The van der Waals surface area contributed by atoms with Gasteiger partial charge in [-0.3, -0.25) is 0 Å². The summed E-state index contributed by atoms with van der Waals surface area (Å²) in [7, 11) is 0. The van der Waals surface area contributed by atoms with E-state index in [1.807, 2.05) is 23.5 Å². The predicted octanol–water partition coefficient (Wildman–Crippen LogP) is 1.89. The number of rotatable bonds is 13. The molecule has 3 nitrogen and oxygen atoms in total. The Morgan fingerprint density at radius 3 is 2.41 bits per heavy atom. The van der Waals surface area contributed by atoms with Crippen LogP contribution in [0, 0.1) is 0 Å². The summed E-state index contributed by atoms with van der Waals surface area (Å²) in [5, 5.41) is 0.704. The van der Waals surface area contributed by atoms with Gasteiger partial charge in [0.2, 0.25) is 0 Å². The lowest BCUT2D eigenvalue weighted by atomic mass is 10.1. The summed E-state index contributed by atoms with van der Waals surface area (Å²) in [4.78, 5) is 10.2. The van der Waals surface area contributed by atoms with Crippen molar-refractivity contribution in [3.05, 3.63) is 0 Å². The number of nitrogens with two attached hydrogens (primary N) is 2. The largest absolute Gasteiger partial charge is 0.330 e. The zero-order chi connectivity index (χ0) is 12.8. The van der Waals surface area contributed by atoms with Crippen molar-refractivity contribution in [2.45, 2.75) is 37.4 Å². The van der Waals surface area contributed by atoms with Crippen molar-refractivity contribution >= 4 is 29.8 Å². The molecule has 0 rings (SSSR count). The molecule has 0 amide bonds. The highest BCUT2D eigenvalue weighted by molar-refractivity contribution is 8.00. The molecule has 0 radical (unpaired) electrons. The average Bonchev–Trinajstić information content (AvgIpc) is 2.35.